The molecule has 1 heterocycles. The quantitative estimate of drug-likeness (QED) is 0.773. The van der Waals surface area contributed by atoms with Gasteiger partial charge in [-0.05, 0) is 31.0 Å². The van der Waals surface area contributed by atoms with Gasteiger partial charge < -0.3 is 11.1 Å². The number of aromatic nitrogens is 1. The van der Waals surface area contributed by atoms with E-state index in [1.807, 2.05) is 26.0 Å². The highest BCUT2D eigenvalue weighted by atomic mass is 16.2. The summed E-state index contributed by atoms with van der Waals surface area (Å²) in [4.78, 5) is 15.4. The lowest BCUT2D eigenvalue weighted by Crippen LogP contribution is -2.41. The van der Waals surface area contributed by atoms with Gasteiger partial charge in [-0.15, -0.1) is 0 Å². The highest BCUT2D eigenvalue weighted by Crippen LogP contribution is 2.10. The van der Waals surface area contributed by atoms with Crippen molar-refractivity contribution in [2.24, 2.45) is 5.73 Å². The number of hydrogen-bond acceptors (Lipinski definition) is 3. The van der Waals surface area contributed by atoms with Crippen LogP contribution >= 0.6 is 0 Å². The van der Waals surface area contributed by atoms with Crippen molar-refractivity contribution in [1.82, 2.24) is 10.3 Å². The fourth-order valence-electron chi connectivity index (χ4n) is 1.24. The lowest BCUT2D eigenvalue weighted by atomic mass is 10.1. The predicted molar refractivity (Wildman–Crippen MR) is 59.1 cm³/mol. The number of nitrogens with one attached hydrogen (secondary N) is 1. The molecule has 0 aliphatic carbocycles. The van der Waals surface area contributed by atoms with Crippen molar-refractivity contribution < 1.29 is 4.79 Å². The van der Waals surface area contributed by atoms with Gasteiger partial charge in [0.25, 0.3) is 0 Å². The van der Waals surface area contributed by atoms with Gasteiger partial charge in [-0.1, -0.05) is 6.92 Å². The average molecular weight is 207 g/mol. The zero-order valence-electron chi connectivity index (χ0n) is 9.10. The van der Waals surface area contributed by atoms with Crippen LogP contribution in [0.4, 0.5) is 0 Å². The summed E-state index contributed by atoms with van der Waals surface area (Å²) < 4.78 is 0. The molecule has 0 aromatic carbocycles. The van der Waals surface area contributed by atoms with Crippen molar-refractivity contribution in [2.45, 2.75) is 32.4 Å². The van der Waals surface area contributed by atoms with Gasteiger partial charge in [0, 0.05) is 12.4 Å². The van der Waals surface area contributed by atoms with Gasteiger partial charge in [-0.2, -0.15) is 0 Å². The summed E-state index contributed by atoms with van der Waals surface area (Å²) in [6.07, 6.45) is 4.06. The van der Waals surface area contributed by atoms with E-state index in [9.17, 15) is 4.79 Å². The summed E-state index contributed by atoms with van der Waals surface area (Å²) in [5.41, 5.74) is 6.65. The van der Waals surface area contributed by atoms with Crippen LogP contribution < -0.4 is 11.1 Å². The zero-order chi connectivity index (χ0) is 11.3. The van der Waals surface area contributed by atoms with E-state index >= 15 is 0 Å². The molecular formula is C11H17N3O. The molecule has 1 unspecified atom stereocenters. The van der Waals surface area contributed by atoms with E-state index in [4.69, 9.17) is 5.73 Å². The third-order valence-corrected chi connectivity index (χ3v) is 2.34. The zero-order valence-corrected chi connectivity index (χ0v) is 9.10. The smallest absolute Gasteiger partial charge is 0.237 e. The minimum atomic E-state index is -0.422. The predicted octanol–water partition coefficient (Wildman–Crippen LogP) is 0.996. The number of nitrogens with zero attached hydrogens (tertiary/aromatic N) is 1. The van der Waals surface area contributed by atoms with E-state index in [1.165, 1.54) is 0 Å². The molecular weight excluding hydrogens is 190 g/mol. The van der Waals surface area contributed by atoms with Crippen molar-refractivity contribution in [1.29, 1.82) is 0 Å². The summed E-state index contributed by atoms with van der Waals surface area (Å²) in [6, 6.07) is 3.30. The Hall–Kier alpha value is -1.42. The summed E-state index contributed by atoms with van der Waals surface area (Å²) in [5.74, 6) is -0.109. The third kappa shape index (κ3) is 3.32. The Balaban J connectivity index is 2.56. The van der Waals surface area contributed by atoms with Gasteiger partial charge in [0.15, 0.2) is 0 Å². The maximum atomic E-state index is 11.5. The van der Waals surface area contributed by atoms with Crippen LogP contribution in [0.5, 0.6) is 0 Å². The van der Waals surface area contributed by atoms with Crippen LogP contribution in [0, 0.1) is 0 Å². The SMILES string of the molecule is CC[C@@H](N)C(=O)NC(C)c1ccncc1. The largest absolute Gasteiger partial charge is 0.348 e. The summed E-state index contributed by atoms with van der Waals surface area (Å²) in [7, 11) is 0. The number of carbonyl (C=O) groups is 1. The first-order valence-electron chi connectivity index (χ1n) is 5.11. The summed E-state index contributed by atoms with van der Waals surface area (Å²) >= 11 is 0. The summed E-state index contributed by atoms with van der Waals surface area (Å²) in [5, 5.41) is 2.86. The first kappa shape index (κ1) is 11.7. The van der Waals surface area contributed by atoms with E-state index in [0.29, 0.717) is 6.42 Å². The monoisotopic (exact) mass is 207 g/mol. The molecule has 0 saturated heterocycles. The van der Waals surface area contributed by atoms with Crippen LogP contribution in [-0.4, -0.2) is 16.9 Å². The molecule has 0 radical (unpaired) electrons. The van der Waals surface area contributed by atoms with Crippen LogP contribution in [0.25, 0.3) is 0 Å². The van der Waals surface area contributed by atoms with E-state index in [-0.39, 0.29) is 11.9 Å². The van der Waals surface area contributed by atoms with E-state index in [1.54, 1.807) is 12.4 Å². The Morgan fingerprint density at radius 3 is 2.67 bits per heavy atom. The minimum Gasteiger partial charge on any atom is -0.348 e. The molecule has 1 aromatic rings. The molecule has 4 nitrogen and oxygen atoms in total. The summed E-state index contributed by atoms with van der Waals surface area (Å²) in [6.45, 7) is 3.82. The Bertz CT molecular complexity index is 313. The van der Waals surface area contributed by atoms with E-state index in [2.05, 4.69) is 10.3 Å². The number of amides is 1. The molecule has 3 N–H and O–H groups in total. The maximum absolute atomic E-state index is 11.5. The molecule has 2 atom stereocenters. The normalized spacial score (nSPS) is 14.3. The molecule has 0 aliphatic rings. The minimum absolute atomic E-state index is 0.0295. The molecule has 82 valence electrons. The van der Waals surface area contributed by atoms with Crippen LogP contribution in [0.2, 0.25) is 0 Å². The number of carbonyl (C=O) groups excluding carboxylic acids is 1. The first-order valence-corrected chi connectivity index (χ1v) is 5.11. The molecule has 1 aromatic heterocycles. The second-order valence-corrected chi connectivity index (χ2v) is 3.53. The van der Waals surface area contributed by atoms with E-state index in [0.717, 1.165) is 5.56 Å². The van der Waals surface area contributed by atoms with Gasteiger partial charge in [-0.25, -0.2) is 0 Å². The van der Waals surface area contributed by atoms with Crippen LogP contribution in [0.1, 0.15) is 31.9 Å². The molecule has 0 fully saturated rings. The number of nitrogens with two attached hydrogens (primary N) is 1. The van der Waals surface area contributed by atoms with Crippen molar-refractivity contribution in [3.8, 4) is 0 Å². The van der Waals surface area contributed by atoms with Crippen LogP contribution in [-0.2, 0) is 4.79 Å². The van der Waals surface area contributed by atoms with Crippen molar-refractivity contribution >= 4 is 5.91 Å². The number of hydrogen-bond donors (Lipinski definition) is 2. The average Bonchev–Trinajstić information content (AvgIpc) is 2.29. The molecule has 0 aliphatic heterocycles. The Morgan fingerprint density at radius 1 is 1.53 bits per heavy atom. The van der Waals surface area contributed by atoms with Crippen LogP contribution in [0.3, 0.4) is 0 Å². The standard InChI is InChI=1S/C11H17N3O/c1-3-10(12)11(15)14-8(2)9-4-6-13-7-5-9/h4-8,10H,3,12H2,1-2H3,(H,14,15)/t8?,10-/m1/s1. The van der Waals surface area contributed by atoms with E-state index < -0.39 is 6.04 Å². The Kier molecular flexibility index (Phi) is 4.24. The molecule has 0 bridgehead atoms. The van der Waals surface area contributed by atoms with Crippen LogP contribution in [0.15, 0.2) is 24.5 Å². The lowest BCUT2D eigenvalue weighted by Gasteiger charge is -2.16. The second kappa shape index (κ2) is 5.46. The fraction of sp³-hybridized carbons (Fsp3) is 0.455. The fourth-order valence-corrected chi connectivity index (χ4v) is 1.24. The molecule has 0 saturated carbocycles. The molecule has 0 spiro atoms. The highest BCUT2D eigenvalue weighted by Gasteiger charge is 2.14. The topological polar surface area (TPSA) is 68.0 Å². The molecule has 4 heteroatoms. The Morgan fingerprint density at radius 2 is 2.13 bits per heavy atom. The maximum Gasteiger partial charge on any atom is 0.237 e. The Labute approximate surface area is 89.9 Å². The molecule has 1 amide bonds. The third-order valence-electron chi connectivity index (χ3n) is 2.34. The first-order chi connectivity index (χ1) is 7.15. The number of rotatable bonds is 4. The molecule has 15 heavy (non-hydrogen) atoms. The van der Waals surface area contributed by atoms with Crippen molar-refractivity contribution in [3.63, 3.8) is 0 Å². The van der Waals surface area contributed by atoms with Gasteiger partial charge in [0.05, 0.1) is 12.1 Å². The van der Waals surface area contributed by atoms with Gasteiger partial charge >= 0.3 is 0 Å². The van der Waals surface area contributed by atoms with Crippen molar-refractivity contribution in [3.05, 3.63) is 30.1 Å². The highest BCUT2D eigenvalue weighted by molar-refractivity contribution is 5.81. The van der Waals surface area contributed by atoms with Crippen molar-refractivity contribution in [2.75, 3.05) is 0 Å². The second-order valence-electron chi connectivity index (χ2n) is 3.53. The molecule has 1 rings (SSSR count). The van der Waals surface area contributed by atoms with Gasteiger partial charge in [0.1, 0.15) is 0 Å². The lowest BCUT2D eigenvalue weighted by molar-refractivity contribution is -0.123. The van der Waals surface area contributed by atoms with Gasteiger partial charge in [-0.3, -0.25) is 9.78 Å². The number of pyridine rings is 1. The van der Waals surface area contributed by atoms with Gasteiger partial charge in [0.2, 0.25) is 5.91 Å².